The maximum atomic E-state index is 14.1. The third-order valence-corrected chi connectivity index (χ3v) is 8.10. The summed E-state index contributed by atoms with van der Waals surface area (Å²) in [6, 6.07) is 2.34. The zero-order valence-corrected chi connectivity index (χ0v) is 20.7. The molecule has 0 atom stereocenters. The molecule has 34 heavy (non-hydrogen) atoms. The van der Waals surface area contributed by atoms with Crippen LogP contribution in [0.4, 0.5) is 17.6 Å². The van der Waals surface area contributed by atoms with Gasteiger partial charge in [-0.25, -0.2) is 8.78 Å². The van der Waals surface area contributed by atoms with Crippen molar-refractivity contribution in [2.75, 3.05) is 0 Å². The SMILES string of the molecule is CCCC=CCCCC1CCC(CCC2CCC(c3cc(F)c(OC(F)F)c(F)c3)CC2)CC1. The van der Waals surface area contributed by atoms with Crippen LogP contribution in [0.3, 0.4) is 0 Å². The van der Waals surface area contributed by atoms with E-state index in [1.807, 2.05) is 0 Å². The van der Waals surface area contributed by atoms with Gasteiger partial charge in [0.05, 0.1) is 0 Å². The molecule has 0 radical (unpaired) electrons. The molecule has 0 spiro atoms. The summed E-state index contributed by atoms with van der Waals surface area (Å²) in [6.45, 7) is -1.02. The fourth-order valence-corrected chi connectivity index (χ4v) is 6.01. The first-order valence-corrected chi connectivity index (χ1v) is 13.5. The first-order valence-electron chi connectivity index (χ1n) is 13.5. The van der Waals surface area contributed by atoms with Crippen molar-refractivity contribution in [3.8, 4) is 5.75 Å². The van der Waals surface area contributed by atoms with Gasteiger partial charge in [0.1, 0.15) is 0 Å². The zero-order chi connectivity index (χ0) is 24.3. The second-order valence-electron chi connectivity index (χ2n) is 10.6. The van der Waals surface area contributed by atoms with Crippen LogP contribution in [0.5, 0.6) is 5.75 Å². The number of hydrogen-bond acceptors (Lipinski definition) is 1. The van der Waals surface area contributed by atoms with Gasteiger partial charge in [0, 0.05) is 0 Å². The number of ether oxygens (including phenoxy) is 1. The Kier molecular flexibility index (Phi) is 11.3. The molecular weight excluding hydrogens is 440 g/mol. The Hall–Kier alpha value is -1.52. The van der Waals surface area contributed by atoms with E-state index < -0.39 is 24.0 Å². The normalized spacial score (nSPS) is 25.8. The average molecular weight is 483 g/mol. The summed E-state index contributed by atoms with van der Waals surface area (Å²) in [5, 5.41) is 0. The number of rotatable bonds is 12. The monoisotopic (exact) mass is 482 g/mol. The molecule has 0 aromatic heterocycles. The molecule has 5 heteroatoms. The molecule has 0 N–H and O–H groups in total. The number of allylic oxidation sites excluding steroid dienone is 2. The average Bonchev–Trinajstić information content (AvgIpc) is 2.83. The topological polar surface area (TPSA) is 9.23 Å². The lowest BCUT2D eigenvalue weighted by Gasteiger charge is -2.32. The number of alkyl halides is 2. The Morgan fingerprint density at radius 3 is 1.82 bits per heavy atom. The van der Waals surface area contributed by atoms with Crippen molar-refractivity contribution in [1.29, 1.82) is 0 Å². The minimum atomic E-state index is -3.24. The lowest BCUT2D eigenvalue weighted by atomic mass is 9.74. The van der Waals surface area contributed by atoms with Gasteiger partial charge in [-0.1, -0.05) is 70.4 Å². The fourth-order valence-electron chi connectivity index (χ4n) is 6.01. The summed E-state index contributed by atoms with van der Waals surface area (Å²) in [4.78, 5) is 0. The first kappa shape index (κ1) is 27.1. The summed E-state index contributed by atoms with van der Waals surface area (Å²) >= 11 is 0. The van der Waals surface area contributed by atoms with Gasteiger partial charge in [-0.05, 0) is 86.3 Å². The molecule has 2 saturated carbocycles. The van der Waals surface area contributed by atoms with Crippen LogP contribution in [-0.4, -0.2) is 6.61 Å². The van der Waals surface area contributed by atoms with E-state index in [0.717, 1.165) is 37.5 Å². The van der Waals surface area contributed by atoms with Crippen LogP contribution in [0.1, 0.15) is 115 Å². The highest BCUT2D eigenvalue weighted by Gasteiger charge is 2.27. The second-order valence-corrected chi connectivity index (χ2v) is 10.6. The first-order chi connectivity index (χ1) is 16.5. The summed E-state index contributed by atoms with van der Waals surface area (Å²) in [5.41, 5.74) is 0.564. The van der Waals surface area contributed by atoms with E-state index in [0.29, 0.717) is 11.5 Å². The van der Waals surface area contributed by atoms with Gasteiger partial charge in [-0.15, -0.1) is 0 Å². The van der Waals surface area contributed by atoms with E-state index in [-0.39, 0.29) is 5.92 Å². The molecular formula is C29H42F4O. The van der Waals surface area contributed by atoms with Crippen LogP contribution < -0.4 is 4.74 Å². The Morgan fingerprint density at radius 1 is 0.794 bits per heavy atom. The third-order valence-electron chi connectivity index (χ3n) is 8.10. The molecule has 2 fully saturated rings. The second kappa shape index (κ2) is 14.1. The van der Waals surface area contributed by atoms with Crippen LogP contribution in [0, 0.1) is 29.4 Å². The van der Waals surface area contributed by atoms with E-state index in [1.165, 1.54) is 82.8 Å². The van der Waals surface area contributed by atoms with E-state index in [2.05, 4.69) is 23.8 Å². The number of unbranched alkanes of at least 4 members (excludes halogenated alkanes) is 2. The smallest absolute Gasteiger partial charge is 0.387 e. The molecule has 2 aliphatic carbocycles. The summed E-state index contributed by atoms with van der Waals surface area (Å²) < 4.78 is 56.8. The van der Waals surface area contributed by atoms with E-state index in [1.54, 1.807) is 0 Å². The van der Waals surface area contributed by atoms with Crippen molar-refractivity contribution in [2.45, 2.75) is 116 Å². The zero-order valence-electron chi connectivity index (χ0n) is 20.7. The molecule has 0 heterocycles. The molecule has 1 aromatic carbocycles. The highest BCUT2D eigenvalue weighted by Crippen LogP contribution is 2.41. The largest absolute Gasteiger partial charge is 0.429 e. The lowest BCUT2D eigenvalue weighted by Crippen LogP contribution is -2.18. The Morgan fingerprint density at radius 2 is 1.29 bits per heavy atom. The molecule has 1 aromatic rings. The standard InChI is InChI=1S/C29H42F4O/c1-2-3-4-5-6-7-8-21-9-11-22(12-10-21)13-14-23-15-17-24(18-16-23)25-19-26(30)28(27(31)20-25)34-29(32)33/h4-5,19-24,29H,2-3,6-18H2,1H3. The van der Waals surface area contributed by atoms with Crippen LogP contribution in [0.25, 0.3) is 0 Å². The van der Waals surface area contributed by atoms with Crippen molar-refractivity contribution in [3.05, 3.63) is 41.5 Å². The molecule has 0 saturated heterocycles. The molecule has 192 valence electrons. The molecule has 3 rings (SSSR count). The molecule has 0 amide bonds. The molecule has 0 aliphatic heterocycles. The van der Waals surface area contributed by atoms with Gasteiger partial charge in [0.2, 0.25) is 0 Å². The minimum Gasteiger partial charge on any atom is -0.429 e. The Bertz CT molecular complexity index is 723. The van der Waals surface area contributed by atoms with E-state index >= 15 is 0 Å². The van der Waals surface area contributed by atoms with Crippen LogP contribution in [-0.2, 0) is 0 Å². The maximum Gasteiger partial charge on any atom is 0.387 e. The molecule has 1 nitrogen and oxygen atoms in total. The number of halogens is 4. The molecule has 2 aliphatic rings. The van der Waals surface area contributed by atoms with Crippen molar-refractivity contribution < 1.29 is 22.3 Å². The van der Waals surface area contributed by atoms with Gasteiger partial charge in [0.15, 0.2) is 17.4 Å². The van der Waals surface area contributed by atoms with Gasteiger partial charge in [-0.3, -0.25) is 0 Å². The van der Waals surface area contributed by atoms with Crippen LogP contribution >= 0.6 is 0 Å². The maximum absolute atomic E-state index is 14.1. The lowest BCUT2D eigenvalue weighted by molar-refractivity contribution is -0.0546. The predicted molar refractivity (Wildman–Crippen MR) is 130 cm³/mol. The van der Waals surface area contributed by atoms with Crippen molar-refractivity contribution >= 4 is 0 Å². The molecule has 0 bridgehead atoms. The Balaban J connectivity index is 1.33. The fraction of sp³-hybridized carbons (Fsp3) is 0.724. The quantitative estimate of drug-likeness (QED) is 0.164. The minimum absolute atomic E-state index is 0.0908. The van der Waals surface area contributed by atoms with Crippen LogP contribution in [0.15, 0.2) is 24.3 Å². The highest BCUT2D eigenvalue weighted by atomic mass is 19.3. The van der Waals surface area contributed by atoms with Crippen molar-refractivity contribution in [3.63, 3.8) is 0 Å². The number of hydrogen-bond donors (Lipinski definition) is 0. The highest BCUT2D eigenvalue weighted by molar-refractivity contribution is 5.33. The summed E-state index contributed by atoms with van der Waals surface area (Å²) in [6.07, 6.45) is 23.1. The summed E-state index contributed by atoms with van der Waals surface area (Å²) in [7, 11) is 0. The number of benzene rings is 1. The summed E-state index contributed by atoms with van der Waals surface area (Å²) in [5.74, 6) is -0.491. The van der Waals surface area contributed by atoms with Crippen LogP contribution in [0.2, 0.25) is 0 Å². The van der Waals surface area contributed by atoms with Gasteiger partial charge < -0.3 is 4.74 Å². The van der Waals surface area contributed by atoms with Crippen molar-refractivity contribution in [1.82, 2.24) is 0 Å². The molecule has 0 unspecified atom stereocenters. The third kappa shape index (κ3) is 8.61. The van der Waals surface area contributed by atoms with E-state index in [4.69, 9.17) is 0 Å². The Labute approximate surface area is 203 Å². The predicted octanol–water partition coefficient (Wildman–Crippen LogP) is 9.95. The van der Waals surface area contributed by atoms with Crippen molar-refractivity contribution in [2.24, 2.45) is 17.8 Å². The van der Waals surface area contributed by atoms with Gasteiger partial charge in [-0.2, -0.15) is 8.78 Å². The van der Waals surface area contributed by atoms with Gasteiger partial charge >= 0.3 is 6.61 Å². The van der Waals surface area contributed by atoms with E-state index in [9.17, 15) is 17.6 Å². The van der Waals surface area contributed by atoms with Gasteiger partial charge in [0.25, 0.3) is 0 Å².